The molecule has 1 amide bonds. The Labute approximate surface area is 83.7 Å². The van der Waals surface area contributed by atoms with Gasteiger partial charge in [-0.1, -0.05) is 0 Å². The van der Waals surface area contributed by atoms with Gasteiger partial charge < -0.3 is 10.6 Å². The summed E-state index contributed by atoms with van der Waals surface area (Å²) in [6, 6.07) is 3.32. The topological polar surface area (TPSA) is 59.2 Å². The molecule has 0 saturated heterocycles. The summed E-state index contributed by atoms with van der Waals surface area (Å²) in [5, 5.41) is 0. The molecule has 0 aliphatic rings. The number of nitrogens with zero attached hydrogens (tertiary/aromatic N) is 2. The molecule has 0 saturated carbocycles. The smallest absolute Gasteiger partial charge is 0.239 e. The molecule has 1 aromatic heterocycles. The van der Waals surface area contributed by atoms with Crippen LogP contribution < -0.4 is 5.73 Å². The fourth-order valence-corrected chi connectivity index (χ4v) is 1.19. The third-order valence-corrected chi connectivity index (χ3v) is 1.93. The minimum absolute atomic E-state index is 0.0539. The highest BCUT2D eigenvalue weighted by atomic mass is 16.2. The van der Waals surface area contributed by atoms with E-state index in [0.29, 0.717) is 6.54 Å². The van der Waals surface area contributed by atoms with Crippen molar-refractivity contribution in [3.05, 3.63) is 30.1 Å². The van der Waals surface area contributed by atoms with Gasteiger partial charge in [-0.3, -0.25) is 9.78 Å². The van der Waals surface area contributed by atoms with Gasteiger partial charge in [0.1, 0.15) is 0 Å². The average molecular weight is 193 g/mol. The molecular weight excluding hydrogens is 178 g/mol. The number of amides is 1. The van der Waals surface area contributed by atoms with Crippen molar-refractivity contribution in [2.45, 2.75) is 19.5 Å². The molecule has 0 unspecified atom stereocenters. The van der Waals surface area contributed by atoms with E-state index in [2.05, 4.69) is 4.98 Å². The molecule has 0 bridgehead atoms. The SMILES string of the molecule is C[C@H](N)C(=O)N(C)Cc1ccncc1. The minimum Gasteiger partial charge on any atom is -0.340 e. The summed E-state index contributed by atoms with van der Waals surface area (Å²) in [5.74, 6) is -0.0539. The van der Waals surface area contributed by atoms with Crippen molar-refractivity contribution in [2.24, 2.45) is 5.73 Å². The largest absolute Gasteiger partial charge is 0.340 e. The molecule has 0 radical (unpaired) electrons. The zero-order chi connectivity index (χ0) is 10.6. The van der Waals surface area contributed by atoms with Gasteiger partial charge in [0.25, 0.3) is 0 Å². The molecule has 4 heteroatoms. The zero-order valence-corrected chi connectivity index (χ0v) is 8.47. The number of carbonyl (C=O) groups excluding carboxylic acids is 1. The lowest BCUT2D eigenvalue weighted by molar-refractivity contribution is -0.131. The summed E-state index contributed by atoms with van der Waals surface area (Å²) in [7, 11) is 1.74. The van der Waals surface area contributed by atoms with Crippen LogP contribution in [-0.4, -0.2) is 28.9 Å². The summed E-state index contributed by atoms with van der Waals surface area (Å²) in [5.41, 5.74) is 6.54. The van der Waals surface area contributed by atoms with Crippen molar-refractivity contribution < 1.29 is 4.79 Å². The van der Waals surface area contributed by atoms with E-state index in [-0.39, 0.29) is 5.91 Å². The maximum absolute atomic E-state index is 11.4. The number of carbonyl (C=O) groups is 1. The molecule has 1 atom stereocenters. The first-order chi connectivity index (χ1) is 6.61. The van der Waals surface area contributed by atoms with Crippen LogP contribution in [0.5, 0.6) is 0 Å². The molecule has 4 nitrogen and oxygen atoms in total. The van der Waals surface area contributed by atoms with Crippen LogP contribution in [0.2, 0.25) is 0 Å². The summed E-state index contributed by atoms with van der Waals surface area (Å²) < 4.78 is 0. The number of rotatable bonds is 3. The van der Waals surface area contributed by atoms with Gasteiger partial charge in [-0.25, -0.2) is 0 Å². The normalized spacial score (nSPS) is 12.2. The Bertz CT molecular complexity index is 297. The van der Waals surface area contributed by atoms with E-state index in [9.17, 15) is 4.79 Å². The Morgan fingerprint density at radius 3 is 2.64 bits per heavy atom. The van der Waals surface area contributed by atoms with E-state index in [0.717, 1.165) is 5.56 Å². The standard InChI is InChI=1S/C10H15N3O/c1-8(11)10(14)13(2)7-9-3-5-12-6-4-9/h3-6,8H,7,11H2,1-2H3/t8-/m0/s1. The van der Waals surface area contributed by atoms with Gasteiger partial charge >= 0.3 is 0 Å². The number of pyridine rings is 1. The Kier molecular flexibility index (Phi) is 3.59. The maximum atomic E-state index is 11.4. The second-order valence-electron chi connectivity index (χ2n) is 3.34. The third kappa shape index (κ3) is 2.81. The highest BCUT2D eigenvalue weighted by Crippen LogP contribution is 2.01. The fourth-order valence-electron chi connectivity index (χ4n) is 1.19. The van der Waals surface area contributed by atoms with Crippen molar-refractivity contribution in [1.29, 1.82) is 0 Å². The summed E-state index contributed by atoms with van der Waals surface area (Å²) in [6.07, 6.45) is 3.42. The van der Waals surface area contributed by atoms with E-state index in [1.807, 2.05) is 12.1 Å². The third-order valence-electron chi connectivity index (χ3n) is 1.93. The first kappa shape index (κ1) is 10.7. The molecule has 1 heterocycles. The zero-order valence-electron chi connectivity index (χ0n) is 8.47. The van der Waals surface area contributed by atoms with Crippen LogP contribution >= 0.6 is 0 Å². The maximum Gasteiger partial charge on any atom is 0.239 e. The predicted octanol–water partition coefficient (Wildman–Crippen LogP) is 0.387. The molecular formula is C10H15N3O. The Morgan fingerprint density at radius 1 is 1.57 bits per heavy atom. The lowest BCUT2D eigenvalue weighted by atomic mass is 10.2. The van der Waals surface area contributed by atoms with Gasteiger partial charge in [-0.2, -0.15) is 0 Å². The highest BCUT2D eigenvalue weighted by Gasteiger charge is 2.12. The van der Waals surface area contributed by atoms with Gasteiger partial charge in [0.15, 0.2) is 0 Å². The molecule has 2 N–H and O–H groups in total. The lowest BCUT2D eigenvalue weighted by Gasteiger charge is -2.19. The summed E-state index contributed by atoms with van der Waals surface area (Å²) in [6.45, 7) is 2.26. The fraction of sp³-hybridized carbons (Fsp3) is 0.400. The molecule has 14 heavy (non-hydrogen) atoms. The quantitative estimate of drug-likeness (QED) is 0.755. The number of aromatic nitrogens is 1. The van der Waals surface area contributed by atoms with Crippen molar-refractivity contribution in [3.8, 4) is 0 Å². The van der Waals surface area contributed by atoms with Crippen LogP contribution in [0.3, 0.4) is 0 Å². The van der Waals surface area contributed by atoms with Gasteiger partial charge in [-0.15, -0.1) is 0 Å². The number of hydrogen-bond acceptors (Lipinski definition) is 3. The van der Waals surface area contributed by atoms with Gasteiger partial charge in [-0.05, 0) is 24.6 Å². The predicted molar refractivity (Wildman–Crippen MR) is 54.4 cm³/mol. The molecule has 0 aliphatic heterocycles. The molecule has 0 spiro atoms. The summed E-state index contributed by atoms with van der Waals surface area (Å²) in [4.78, 5) is 16.9. The average Bonchev–Trinajstić information content (AvgIpc) is 2.18. The van der Waals surface area contributed by atoms with E-state index in [1.54, 1.807) is 31.3 Å². The van der Waals surface area contributed by atoms with Gasteiger partial charge in [0, 0.05) is 26.0 Å². The van der Waals surface area contributed by atoms with Crippen LogP contribution in [0.4, 0.5) is 0 Å². The summed E-state index contributed by atoms with van der Waals surface area (Å²) >= 11 is 0. The number of nitrogens with two attached hydrogens (primary N) is 1. The van der Waals surface area contributed by atoms with Crippen LogP contribution in [0.15, 0.2) is 24.5 Å². The van der Waals surface area contributed by atoms with Crippen LogP contribution in [0, 0.1) is 0 Å². The molecule has 1 aromatic rings. The van der Waals surface area contributed by atoms with E-state index >= 15 is 0 Å². The molecule has 76 valence electrons. The molecule has 1 rings (SSSR count). The van der Waals surface area contributed by atoms with E-state index < -0.39 is 6.04 Å². The molecule has 0 fully saturated rings. The monoisotopic (exact) mass is 193 g/mol. The van der Waals surface area contributed by atoms with Gasteiger partial charge in [0.05, 0.1) is 6.04 Å². The van der Waals surface area contributed by atoms with Crippen LogP contribution in [0.1, 0.15) is 12.5 Å². The first-order valence-electron chi connectivity index (χ1n) is 4.50. The van der Waals surface area contributed by atoms with Crippen LogP contribution in [0.25, 0.3) is 0 Å². The molecule has 0 aromatic carbocycles. The first-order valence-corrected chi connectivity index (χ1v) is 4.50. The van der Waals surface area contributed by atoms with Crippen molar-refractivity contribution in [3.63, 3.8) is 0 Å². The van der Waals surface area contributed by atoms with Crippen LogP contribution in [-0.2, 0) is 11.3 Å². The number of hydrogen-bond donors (Lipinski definition) is 1. The minimum atomic E-state index is -0.443. The lowest BCUT2D eigenvalue weighted by Crippen LogP contribution is -2.39. The second kappa shape index (κ2) is 4.72. The van der Waals surface area contributed by atoms with Crippen molar-refractivity contribution in [1.82, 2.24) is 9.88 Å². The number of likely N-dealkylation sites (N-methyl/N-ethyl adjacent to an activating group) is 1. The van der Waals surface area contributed by atoms with E-state index in [4.69, 9.17) is 5.73 Å². The Morgan fingerprint density at radius 2 is 2.14 bits per heavy atom. The van der Waals surface area contributed by atoms with E-state index in [1.165, 1.54) is 0 Å². The second-order valence-corrected chi connectivity index (χ2v) is 3.34. The van der Waals surface area contributed by atoms with Crippen molar-refractivity contribution in [2.75, 3.05) is 7.05 Å². The highest BCUT2D eigenvalue weighted by molar-refractivity contribution is 5.80. The Balaban J connectivity index is 2.57. The van der Waals surface area contributed by atoms with Crippen molar-refractivity contribution >= 4 is 5.91 Å². The van der Waals surface area contributed by atoms with Gasteiger partial charge in [0.2, 0.25) is 5.91 Å². The Hall–Kier alpha value is -1.42. The molecule has 0 aliphatic carbocycles.